The average molecular weight is 645 g/mol. The monoisotopic (exact) mass is 644 g/mol. The normalized spacial score (nSPS) is 25.8. The molecule has 1 aliphatic carbocycles. The Hall–Kier alpha value is -4.56. The van der Waals surface area contributed by atoms with Crippen LogP contribution in [0.5, 0.6) is 0 Å². The Morgan fingerprint density at radius 1 is 1.09 bits per heavy atom. The van der Waals surface area contributed by atoms with Gasteiger partial charge in [0.15, 0.2) is 23.7 Å². The number of carbonyl (C=O) groups excluding carboxylic acids is 1. The first-order valence-electron chi connectivity index (χ1n) is 15.8. The fourth-order valence-corrected chi connectivity index (χ4v) is 6.21. The summed E-state index contributed by atoms with van der Waals surface area (Å²) >= 11 is 0. The number of rotatable bonds is 12. The smallest absolute Gasteiger partial charge is 0.336 e. The summed E-state index contributed by atoms with van der Waals surface area (Å²) in [6.45, 7) is 6.60. The van der Waals surface area contributed by atoms with Crippen LogP contribution < -0.4 is 21.3 Å². The van der Waals surface area contributed by atoms with Crippen LogP contribution in [0.2, 0.25) is 0 Å². The molecule has 2 aromatic carbocycles. The maximum atomic E-state index is 12.3. The van der Waals surface area contributed by atoms with Crippen molar-refractivity contribution >= 4 is 35.4 Å². The number of carboxylic acids is 1. The number of anilines is 3. The summed E-state index contributed by atoms with van der Waals surface area (Å²) in [5.74, 6) is -1.55. The summed E-state index contributed by atoms with van der Waals surface area (Å²) in [5, 5.41) is 15.2. The highest BCUT2D eigenvalue weighted by atomic mass is 16.8. The van der Waals surface area contributed by atoms with E-state index < -0.39 is 47.9 Å². The zero-order valence-electron chi connectivity index (χ0n) is 26.6. The third-order valence-electron chi connectivity index (χ3n) is 8.63. The van der Waals surface area contributed by atoms with Crippen LogP contribution in [0.25, 0.3) is 6.08 Å². The fourth-order valence-electron chi connectivity index (χ4n) is 6.21. The van der Waals surface area contributed by atoms with Crippen LogP contribution in [0.4, 0.5) is 22.1 Å². The van der Waals surface area contributed by atoms with Crippen molar-refractivity contribution in [2.24, 2.45) is 0 Å². The van der Waals surface area contributed by atoms with Gasteiger partial charge < -0.3 is 40.0 Å². The minimum absolute atomic E-state index is 0.133. The molecule has 0 spiro atoms. The van der Waals surface area contributed by atoms with Crippen molar-refractivity contribution in [2.75, 3.05) is 35.6 Å². The summed E-state index contributed by atoms with van der Waals surface area (Å²) < 4.78 is 26.4. The number of aromatic carboxylic acids is 1. The van der Waals surface area contributed by atoms with Crippen molar-refractivity contribution in [3.8, 4) is 0 Å². The largest absolute Gasteiger partial charge is 0.478 e. The summed E-state index contributed by atoms with van der Waals surface area (Å²) in [4.78, 5) is 34.7. The van der Waals surface area contributed by atoms with Crippen LogP contribution in [0, 0.1) is 0 Å². The highest BCUT2D eigenvalue weighted by molar-refractivity contribution is 5.93. The van der Waals surface area contributed by atoms with E-state index in [9.17, 15) is 14.7 Å². The number of nitrogen functional groups attached to an aromatic ring is 1. The first kappa shape index (κ1) is 32.4. The van der Waals surface area contributed by atoms with E-state index >= 15 is 0 Å². The van der Waals surface area contributed by atoms with E-state index in [0.717, 1.165) is 5.56 Å². The van der Waals surface area contributed by atoms with Crippen molar-refractivity contribution in [1.82, 2.24) is 15.3 Å². The Bertz CT molecular complexity index is 1630. The van der Waals surface area contributed by atoms with Crippen LogP contribution in [0.1, 0.15) is 55.1 Å². The third-order valence-corrected chi connectivity index (χ3v) is 8.63. The van der Waals surface area contributed by atoms with E-state index in [1.54, 1.807) is 18.2 Å². The quantitative estimate of drug-likeness (QED) is 0.221. The molecule has 1 saturated carbocycles. The minimum Gasteiger partial charge on any atom is -0.478 e. The molecular weight excluding hydrogens is 604 g/mol. The fraction of sp³-hybridized carbons (Fsp3) is 0.412. The molecule has 5 atom stereocenters. The molecule has 3 aromatic rings. The number of hydrogen-bond acceptors (Lipinski definition) is 10. The van der Waals surface area contributed by atoms with E-state index in [1.807, 2.05) is 74.2 Å². The highest BCUT2D eigenvalue weighted by Gasteiger charge is 2.59. The van der Waals surface area contributed by atoms with Crippen LogP contribution in [0.15, 0.2) is 67.0 Å². The molecule has 47 heavy (non-hydrogen) atoms. The molecule has 248 valence electrons. The van der Waals surface area contributed by atoms with Crippen molar-refractivity contribution in [2.45, 2.75) is 69.5 Å². The summed E-state index contributed by atoms with van der Waals surface area (Å²) in [6, 6.07) is 16.4. The maximum Gasteiger partial charge on any atom is 0.336 e. The minimum atomic E-state index is -1.08. The number of amides is 2. The topological polar surface area (TPSA) is 170 Å². The van der Waals surface area contributed by atoms with Gasteiger partial charge in [-0.1, -0.05) is 54.6 Å². The van der Waals surface area contributed by atoms with Crippen molar-refractivity contribution < 1.29 is 33.6 Å². The molecule has 3 aliphatic rings. The van der Waals surface area contributed by atoms with Crippen molar-refractivity contribution in [3.05, 3.63) is 83.7 Å². The molecule has 0 bridgehead atoms. The number of benzene rings is 2. The SMILES string of the molecule is CCNC(=O)Nc1ncnc(N(CC)C2OC(COC3(c4ccccc4C(=O)O)CC3)C3OC(C)(/C=C/c4ccccc4)OC32)c1N. The number of aromatic nitrogens is 2. The lowest BCUT2D eigenvalue weighted by molar-refractivity contribution is -0.178. The second-order valence-corrected chi connectivity index (χ2v) is 11.9. The number of nitrogens with one attached hydrogen (secondary N) is 2. The summed E-state index contributed by atoms with van der Waals surface area (Å²) in [5.41, 5.74) is 7.84. The van der Waals surface area contributed by atoms with Gasteiger partial charge in [0, 0.05) is 13.1 Å². The first-order chi connectivity index (χ1) is 22.7. The van der Waals surface area contributed by atoms with Gasteiger partial charge >= 0.3 is 12.0 Å². The van der Waals surface area contributed by atoms with Gasteiger partial charge in [-0.15, -0.1) is 0 Å². The standard InChI is InChI=1S/C34H40N6O7/c1-4-36-32(43)39-28-25(35)29(38-20-37-28)40(5-2)30-27-26(46-33(3,47-27)16-15-21-11-7-6-8-12-21)24(45-30)19-44-34(17-18-34)23-14-10-9-13-22(23)31(41)42/h6-16,20,24,26-27,30H,4-5,17-19,35H2,1-3H3,(H,41,42)(H2,36,37,38,39,43)/b16-15+. The molecule has 2 amide bonds. The van der Waals surface area contributed by atoms with Gasteiger partial charge in [-0.3, -0.25) is 5.32 Å². The van der Waals surface area contributed by atoms with E-state index in [2.05, 4.69) is 20.6 Å². The van der Waals surface area contributed by atoms with Gasteiger partial charge in [0.1, 0.15) is 30.3 Å². The van der Waals surface area contributed by atoms with E-state index in [0.29, 0.717) is 37.3 Å². The number of urea groups is 1. The lowest BCUT2D eigenvalue weighted by atomic mass is 10.0. The molecule has 0 radical (unpaired) electrons. The van der Waals surface area contributed by atoms with Gasteiger partial charge in [-0.2, -0.15) is 0 Å². The number of nitrogens with zero attached hydrogens (tertiary/aromatic N) is 3. The zero-order valence-corrected chi connectivity index (χ0v) is 26.6. The molecule has 1 aromatic heterocycles. The Kier molecular flexibility index (Phi) is 9.15. The zero-order chi connectivity index (χ0) is 33.2. The summed E-state index contributed by atoms with van der Waals surface area (Å²) in [6.07, 6.45) is 4.16. The first-order valence-corrected chi connectivity index (χ1v) is 15.8. The molecule has 5 unspecified atom stereocenters. The number of carbonyl (C=O) groups is 2. The number of ether oxygens (including phenoxy) is 4. The molecule has 3 fully saturated rings. The Morgan fingerprint density at radius 2 is 1.81 bits per heavy atom. The number of likely N-dealkylation sites (N-methyl/N-ethyl adjacent to an activating group) is 1. The van der Waals surface area contributed by atoms with Crippen LogP contribution in [-0.2, 0) is 24.5 Å². The van der Waals surface area contributed by atoms with Crippen LogP contribution >= 0.6 is 0 Å². The average Bonchev–Trinajstić information content (AvgIpc) is 3.69. The predicted octanol–water partition coefficient (Wildman–Crippen LogP) is 4.37. The van der Waals surface area contributed by atoms with E-state index in [1.165, 1.54) is 6.33 Å². The molecule has 2 saturated heterocycles. The second-order valence-electron chi connectivity index (χ2n) is 11.9. The molecule has 13 heteroatoms. The molecule has 2 aliphatic heterocycles. The Balaban J connectivity index is 1.28. The van der Waals surface area contributed by atoms with Gasteiger partial charge in [-0.25, -0.2) is 19.6 Å². The molecule has 6 rings (SSSR count). The predicted molar refractivity (Wildman–Crippen MR) is 175 cm³/mol. The van der Waals surface area contributed by atoms with Gasteiger partial charge in [-0.05, 0) is 56.9 Å². The van der Waals surface area contributed by atoms with E-state index in [-0.39, 0.29) is 23.7 Å². The van der Waals surface area contributed by atoms with Gasteiger partial charge in [0.2, 0.25) is 0 Å². The molecule has 3 heterocycles. The maximum absolute atomic E-state index is 12.3. The van der Waals surface area contributed by atoms with Crippen molar-refractivity contribution in [1.29, 1.82) is 0 Å². The number of carboxylic acid groups (broad SMARTS) is 1. The highest BCUT2D eigenvalue weighted by Crippen LogP contribution is 2.51. The summed E-state index contributed by atoms with van der Waals surface area (Å²) in [7, 11) is 0. The number of nitrogens with two attached hydrogens (primary N) is 1. The molecular formula is C34H40N6O7. The number of hydrogen-bond donors (Lipinski definition) is 4. The van der Waals surface area contributed by atoms with Crippen molar-refractivity contribution in [3.63, 3.8) is 0 Å². The Morgan fingerprint density at radius 3 is 2.51 bits per heavy atom. The van der Waals surface area contributed by atoms with Crippen LogP contribution in [0.3, 0.4) is 0 Å². The third kappa shape index (κ3) is 6.65. The van der Waals surface area contributed by atoms with Gasteiger partial charge in [0.25, 0.3) is 0 Å². The number of fused-ring (bicyclic) bond motifs is 1. The molecule has 13 nitrogen and oxygen atoms in total. The van der Waals surface area contributed by atoms with Crippen LogP contribution in [-0.4, -0.2) is 77.1 Å². The lowest BCUT2D eigenvalue weighted by Crippen LogP contribution is -2.45. The molecule has 5 N–H and O–H groups in total. The lowest BCUT2D eigenvalue weighted by Gasteiger charge is -2.33. The van der Waals surface area contributed by atoms with E-state index in [4.69, 9.17) is 24.7 Å². The Labute approximate surface area is 273 Å². The second kappa shape index (κ2) is 13.3. The van der Waals surface area contributed by atoms with Gasteiger partial charge in [0.05, 0.1) is 17.8 Å².